The molecule has 33 heavy (non-hydrogen) atoms. The van der Waals surface area contributed by atoms with Crippen LogP contribution in [0.25, 0.3) is 11.1 Å². The number of ketones is 1. The Balaban J connectivity index is 1.51. The van der Waals surface area contributed by atoms with Gasteiger partial charge in [0, 0.05) is 35.7 Å². The molecular weight excluding hydrogens is 415 g/mol. The second-order valence-corrected chi connectivity index (χ2v) is 9.44. The van der Waals surface area contributed by atoms with Gasteiger partial charge in [-0.2, -0.15) is 0 Å². The summed E-state index contributed by atoms with van der Waals surface area (Å²) in [4.78, 5) is 23.3. The number of halogens is 1. The lowest BCUT2D eigenvalue weighted by atomic mass is 9.89. The van der Waals surface area contributed by atoms with Crippen LogP contribution in [-0.2, 0) is 10.4 Å². The van der Waals surface area contributed by atoms with Crippen LogP contribution < -0.4 is 0 Å². The number of carbonyl (C=O) groups excluding carboxylic acids is 1. The number of aromatic nitrogens is 1. The molecule has 1 saturated carbocycles. The Bertz CT molecular complexity index is 1230. The van der Waals surface area contributed by atoms with Crippen LogP contribution in [0.1, 0.15) is 66.2 Å². The largest absolute Gasteiger partial charge is 0.382 e. The zero-order chi connectivity index (χ0) is 23.0. The van der Waals surface area contributed by atoms with Crippen LogP contribution in [0.2, 0.25) is 0 Å². The average molecular weight is 443 g/mol. The first-order chi connectivity index (χ1) is 15.9. The van der Waals surface area contributed by atoms with Crippen molar-refractivity contribution in [2.45, 2.75) is 51.6 Å². The van der Waals surface area contributed by atoms with E-state index >= 15 is 0 Å². The molecule has 3 aromatic rings. The van der Waals surface area contributed by atoms with Gasteiger partial charge >= 0.3 is 0 Å². The summed E-state index contributed by atoms with van der Waals surface area (Å²) in [5.41, 5.74) is 4.23. The third-order valence-corrected chi connectivity index (χ3v) is 6.57. The van der Waals surface area contributed by atoms with E-state index in [4.69, 9.17) is 4.84 Å². The first-order valence-electron chi connectivity index (χ1n) is 11.5. The third kappa shape index (κ3) is 4.58. The maximum absolute atomic E-state index is 14.8. The van der Waals surface area contributed by atoms with Crippen LogP contribution in [0.4, 0.5) is 4.39 Å². The molecule has 0 bridgehead atoms. The van der Waals surface area contributed by atoms with E-state index in [-0.39, 0.29) is 11.6 Å². The van der Waals surface area contributed by atoms with Gasteiger partial charge in [0.05, 0.1) is 11.4 Å². The minimum absolute atomic E-state index is 0.0875. The molecule has 1 fully saturated rings. The molecule has 1 aliphatic carbocycles. The molecule has 0 radical (unpaired) electrons. The number of carbonyl (C=O) groups is 1. The van der Waals surface area contributed by atoms with Gasteiger partial charge in [-0.25, -0.2) is 4.39 Å². The molecule has 2 aliphatic rings. The van der Waals surface area contributed by atoms with Gasteiger partial charge in [-0.15, -0.1) is 0 Å². The number of benzene rings is 2. The molecule has 0 spiro atoms. The smallest absolute Gasteiger partial charge is 0.182 e. The molecule has 5 rings (SSSR count). The van der Waals surface area contributed by atoms with Crippen LogP contribution in [0.3, 0.4) is 0 Å². The van der Waals surface area contributed by atoms with Crippen molar-refractivity contribution in [2.75, 3.05) is 0 Å². The van der Waals surface area contributed by atoms with Gasteiger partial charge < -0.3 is 4.84 Å². The Morgan fingerprint density at radius 3 is 2.67 bits per heavy atom. The average Bonchev–Trinajstić information content (AvgIpc) is 3.57. The fraction of sp³-hybridized carbons (Fsp3) is 0.321. The van der Waals surface area contributed by atoms with Gasteiger partial charge in [0.2, 0.25) is 0 Å². The minimum atomic E-state index is -0.683. The van der Waals surface area contributed by atoms with Crippen molar-refractivity contribution in [1.82, 2.24) is 4.98 Å². The molecular formula is C28H27FN2O2. The molecule has 4 nitrogen and oxygen atoms in total. The zero-order valence-electron chi connectivity index (χ0n) is 19.0. The highest BCUT2D eigenvalue weighted by Crippen LogP contribution is 2.37. The first kappa shape index (κ1) is 21.5. The van der Waals surface area contributed by atoms with Crippen molar-refractivity contribution in [3.05, 3.63) is 89.0 Å². The summed E-state index contributed by atoms with van der Waals surface area (Å²) in [7, 11) is 0. The van der Waals surface area contributed by atoms with Crippen LogP contribution in [0.5, 0.6) is 0 Å². The molecule has 5 heteroatoms. The van der Waals surface area contributed by atoms with Crippen LogP contribution in [0.15, 0.2) is 65.9 Å². The second-order valence-electron chi connectivity index (χ2n) is 9.44. The SMILES string of the molecule is Cc1ccc(-c2cc(C(=O)CCC3CC3)cc(C3=NOC(C)(c4ccccn4)C3)c2)c(F)c1. The number of aryl methyl sites for hydroxylation is 1. The van der Waals surface area contributed by atoms with Crippen molar-refractivity contribution in [3.63, 3.8) is 0 Å². The van der Waals surface area contributed by atoms with Gasteiger partial charge in [0.15, 0.2) is 11.4 Å². The lowest BCUT2D eigenvalue weighted by molar-refractivity contribution is -0.0108. The Kier molecular flexibility index (Phi) is 5.57. The Labute approximate surface area is 193 Å². The topological polar surface area (TPSA) is 51.5 Å². The Hall–Kier alpha value is -3.34. The fourth-order valence-corrected chi connectivity index (χ4v) is 4.36. The van der Waals surface area contributed by atoms with Crippen molar-refractivity contribution in [2.24, 2.45) is 11.1 Å². The number of Topliss-reactive ketones (excluding diaryl/α,β-unsaturated/α-hetero) is 1. The van der Waals surface area contributed by atoms with Crippen molar-refractivity contribution >= 4 is 11.5 Å². The van der Waals surface area contributed by atoms with Gasteiger partial charge in [-0.1, -0.05) is 36.2 Å². The molecule has 0 saturated heterocycles. The molecule has 1 aliphatic heterocycles. The molecule has 1 aromatic heterocycles. The van der Waals surface area contributed by atoms with E-state index in [1.54, 1.807) is 18.3 Å². The number of nitrogens with zero attached hydrogens (tertiary/aromatic N) is 2. The van der Waals surface area contributed by atoms with Crippen molar-refractivity contribution < 1.29 is 14.0 Å². The fourth-order valence-electron chi connectivity index (χ4n) is 4.36. The van der Waals surface area contributed by atoms with Crippen molar-refractivity contribution in [1.29, 1.82) is 0 Å². The highest BCUT2D eigenvalue weighted by molar-refractivity contribution is 6.06. The standard InChI is InChI=1S/C28H27FN2O2/c1-18-6-10-23(24(29)13-18)20-14-21(16-22(15-20)26(32)11-9-19-7-8-19)25-17-28(2,33-31-25)27-5-3-4-12-30-27/h3-6,10,12-16,19H,7-9,11,17H2,1-2H3. The summed E-state index contributed by atoms with van der Waals surface area (Å²) in [6, 6.07) is 16.5. The summed E-state index contributed by atoms with van der Waals surface area (Å²) in [5, 5.41) is 4.36. The lowest BCUT2D eigenvalue weighted by Gasteiger charge is -2.20. The normalized spacial score (nSPS) is 19.8. The molecule has 2 aromatic carbocycles. The predicted molar refractivity (Wildman–Crippen MR) is 127 cm³/mol. The zero-order valence-corrected chi connectivity index (χ0v) is 19.0. The minimum Gasteiger partial charge on any atom is -0.382 e. The van der Waals surface area contributed by atoms with E-state index in [0.29, 0.717) is 35.4 Å². The summed E-state index contributed by atoms with van der Waals surface area (Å²) >= 11 is 0. The molecule has 0 N–H and O–H groups in total. The van der Waals surface area contributed by atoms with E-state index in [9.17, 15) is 9.18 Å². The number of oxime groups is 1. The monoisotopic (exact) mass is 442 g/mol. The summed E-state index contributed by atoms with van der Waals surface area (Å²) in [6.07, 6.45) is 6.11. The molecule has 2 heterocycles. The number of rotatable bonds is 7. The van der Waals surface area contributed by atoms with Crippen molar-refractivity contribution in [3.8, 4) is 11.1 Å². The van der Waals surface area contributed by atoms with Gasteiger partial charge in [-0.3, -0.25) is 9.78 Å². The third-order valence-electron chi connectivity index (χ3n) is 6.57. The van der Waals surface area contributed by atoms with Gasteiger partial charge in [0.25, 0.3) is 0 Å². The van der Waals surface area contributed by atoms with Crippen LogP contribution >= 0.6 is 0 Å². The predicted octanol–water partition coefficient (Wildman–Crippen LogP) is 6.61. The van der Waals surface area contributed by atoms with E-state index in [1.807, 2.05) is 50.2 Å². The highest BCUT2D eigenvalue weighted by atomic mass is 19.1. The van der Waals surface area contributed by atoms with Crippen LogP contribution in [-0.4, -0.2) is 16.5 Å². The lowest BCUT2D eigenvalue weighted by Crippen LogP contribution is -2.23. The van der Waals surface area contributed by atoms with Crippen LogP contribution in [0, 0.1) is 18.7 Å². The van der Waals surface area contributed by atoms with Gasteiger partial charge in [0.1, 0.15) is 5.82 Å². The highest BCUT2D eigenvalue weighted by Gasteiger charge is 2.38. The summed E-state index contributed by atoms with van der Waals surface area (Å²) < 4.78 is 14.8. The van der Waals surface area contributed by atoms with Gasteiger partial charge in [-0.05, 0) is 73.7 Å². The maximum atomic E-state index is 14.8. The Morgan fingerprint density at radius 1 is 1.12 bits per heavy atom. The molecule has 1 unspecified atom stereocenters. The van der Waals surface area contributed by atoms with E-state index < -0.39 is 5.60 Å². The molecule has 168 valence electrons. The molecule has 0 amide bonds. The Morgan fingerprint density at radius 2 is 1.94 bits per heavy atom. The van der Waals surface area contributed by atoms with E-state index in [2.05, 4.69) is 10.1 Å². The number of pyridine rings is 1. The first-order valence-corrected chi connectivity index (χ1v) is 11.5. The quantitative estimate of drug-likeness (QED) is 0.387. The summed E-state index contributed by atoms with van der Waals surface area (Å²) in [6.45, 7) is 3.82. The number of hydrogen-bond acceptors (Lipinski definition) is 4. The number of hydrogen-bond donors (Lipinski definition) is 0. The van der Waals surface area contributed by atoms with E-state index in [0.717, 1.165) is 29.0 Å². The second kappa shape index (κ2) is 8.54. The summed E-state index contributed by atoms with van der Waals surface area (Å²) in [5.74, 6) is 0.467. The van der Waals surface area contributed by atoms with E-state index in [1.165, 1.54) is 18.9 Å². The molecule has 1 atom stereocenters. The maximum Gasteiger partial charge on any atom is 0.182 e.